The molecule has 2 fully saturated rings. The maximum absolute atomic E-state index is 12.1. The third-order valence-electron chi connectivity index (χ3n) is 5.51. The molecule has 0 spiro atoms. The Morgan fingerprint density at radius 3 is 2.79 bits per heavy atom. The number of rotatable bonds is 4. The fraction of sp³-hybridized carbons (Fsp3) is 0.579. The van der Waals surface area contributed by atoms with E-state index in [4.69, 9.17) is 9.72 Å². The lowest BCUT2D eigenvalue weighted by Gasteiger charge is -2.27. The zero-order chi connectivity index (χ0) is 16.4. The number of para-hydroxylation sites is 2. The second-order valence-corrected chi connectivity index (χ2v) is 7.16. The molecule has 0 bridgehead atoms. The van der Waals surface area contributed by atoms with E-state index in [1.807, 2.05) is 12.1 Å². The van der Waals surface area contributed by atoms with Crippen molar-refractivity contribution in [1.29, 1.82) is 0 Å². The van der Waals surface area contributed by atoms with Gasteiger partial charge in [-0.05, 0) is 50.2 Å². The first-order valence-corrected chi connectivity index (χ1v) is 9.09. The van der Waals surface area contributed by atoms with Crippen LogP contribution in [-0.2, 0) is 9.53 Å². The molecule has 2 N–H and O–H groups in total. The average molecular weight is 327 g/mol. The van der Waals surface area contributed by atoms with Gasteiger partial charge in [0.2, 0.25) is 5.91 Å². The lowest BCUT2D eigenvalue weighted by Crippen LogP contribution is -2.35. The second-order valence-electron chi connectivity index (χ2n) is 7.16. The zero-order valence-corrected chi connectivity index (χ0v) is 14.0. The van der Waals surface area contributed by atoms with E-state index in [1.165, 1.54) is 0 Å². The van der Waals surface area contributed by atoms with Crippen LogP contribution in [0.15, 0.2) is 24.3 Å². The molecule has 0 radical (unpaired) electrons. The van der Waals surface area contributed by atoms with E-state index in [1.54, 1.807) is 0 Å². The lowest BCUT2D eigenvalue weighted by atomic mass is 9.81. The summed E-state index contributed by atoms with van der Waals surface area (Å²) in [6.45, 7) is 2.12. The summed E-state index contributed by atoms with van der Waals surface area (Å²) in [6.07, 6.45) is 5.47. The number of fused-ring (bicyclic) bond motifs is 1. The van der Waals surface area contributed by atoms with Gasteiger partial charge in [-0.2, -0.15) is 0 Å². The Balaban J connectivity index is 1.27. The molecule has 1 aliphatic heterocycles. The quantitative estimate of drug-likeness (QED) is 0.907. The first kappa shape index (κ1) is 15.6. The second kappa shape index (κ2) is 6.93. The molecule has 1 saturated carbocycles. The van der Waals surface area contributed by atoms with Gasteiger partial charge in [0.15, 0.2) is 0 Å². The monoisotopic (exact) mass is 327 g/mol. The molecule has 5 nitrogen and oxygen atoms in total. The van der Waals surface area contributed by atoms with Crippen LogP contribution in [0.2, 0.25) is 0 Å². The van der Waals surface area contributed by atoms with Crippen molar-refractivity contribution in [1.82, 2.24) is 15.3 Å². The highest BCUT2D eigenvalue weighted by Crippen LogP contribution is 2.35. The summed E-state index contributed by atoms with van der Waals surface area (Å²) in [7, 11) is 0. The van der Waals surface area contributed by atoms with Gasteiger partial charge in [0.1, 0.15) is 5.82 Å². The summed E-state index contributed by atoms with van der Waals surface area (Å²) in [4.78, 5) is 20.3. The summed E-state index contributed by atoms with van der Waals surface area (Å²) in [5.74, 6) is 2.48. The molecule has 1 aromatic heterocycles. The average Bonchev–Trinajstić information content (AvgIpc) is 3.29. The number of carbonyl (C=O) groups excluding carboxylic acids is 1. The molecular formula is C19H25N3O2. The van der Waals surface area contributed by atoms with Crippen molar-refractivity contribution < 1.29 is 9.53 Å². The number of benzene rings is 1. The molecule has 2 heterocycles. The van der Waals surface area contributed by atoms with Crippen LogP contribution in [0.4, 0.5) is 0 Å². The minimum Gasteiger partial charge on any atom is -0.381 e. The third-order valence-corrected chi connectivity index (χ3v) is 5.51. The molecule has 128 valence electrons. The fourth-order valence-corrected chi connectivity index (χ4v) is 3.94. The Labute approximate surface area is 142 Å². The van der Waals surface area contributed by atoms with Crippen LogP contribution in [0.1, 0.15) is 43.8 Å². The number of imidazole rings is 1. The highest BCUT2D eigenvalue weighted by molar-refractivity contribution is 5.79. The smallest absolute Gasteiger partial charge is 0.225 e. The van der Waals surface area contributed by atoms with Crippen molar-refractivity contribution >= 4 is 16.9 Å². The molecule has 2 aromatic rings. The Morgan fingerprint density at radius 1 is 1.21 bits per heavy atom. The Hall–Kier alpha value is -1.88. The van der Waals surface area contributed by atoms with Crippen LogP contribution in [0.3, 0.4) is 0 Å². The van der Waals surface area contributed by atoms with Gasteiger partial charge in [-0.3, -0.25) is 4.79 Å². The number of carbonyl (C=O) groups is 1. The largest absolute Gasteiger partial charge is 0.381 e. The molecule has 4 rings (SSSR count). The van der Waals surface area contributed by atoms with E-state index >= 15 is 0 Å². The number of H-pyrrole nitrogens is 1. The number of aromatic nitrogens is 2. The molecule has 0 unspecified atom stereocenters. The van der Waals surface area contributed by atoms with Gasteiger partial charge in [-0.1, -0.05) is 12.1 Å². The predicted octanol–water partition coefficient (Wildman–Crippen LogP) is 2.99. The fourth-order valence-electron chi connectivity index (χ4n) is 3.94. The van der Waals surface area contributed by atoms with E-state index in [-0.39, 0.29) is 11.8 Å². The maximum Gasteiger partial charge on any atom is 0.225 e. The molecule has 1 atom stereocenters. The van der Waals surface area contributed by atoms with Gasteiger partial charge in [0, 0.05) is 19.1 Å². The number of amides is 1. The topological polar surface area (TPSA) is 67.0 Å². The van der Waals surface area contributed by atoms with E-state index < -0.39 is 0 Å². The van der Waals surface area contributed by atoms with Crippen molar-refractivity contribution in [3.8, 4) is 0 Å². The van der Waals surface area contributed by atoms with Crippen LogP contribution in [0.5, 0.6) is 0 Å². The van der Waals surface area contributed by atoms with Crippen molar-refractivity contribution in [3.63, 3.8) is 0 Å². The number of nitrogens with zero attached hydrogens (tertiary/aromatic N) is 1. The van der Waals surface area contributed by atoms with Crippen molar-refractivity contribution in [3.05, 3.63) is 30.1 Å². The molecule has 5 heteroatoms. The van der Waals surface area contributed by atoms with E-state index in [2.05, 4.69) is 22.4 Å². The Bertz CT molecular complexity index is 664. The maximum atomic E-state index is 12.1. The van der Waals surface area contributed by atoms with E-state index in [0.29, 0.717) is 18.4 Å². The molecule has 1 aliphatic carbocycles. The highest BCUT2D eigenvalue weighted by atomic mass is 16.5. The zero-order valence-electron chi connectivity index (χ0n) is 14.0. The van der Waals surface area contributed by atoms with Gasteiger partial charge in [-0.25, -0.2) is 4.98 Å². The molecule has 1 amide bonds. The number of nitrogens with one attached hydrogen (secondary N) is 2. The number of hydrogen-bond donors (Lipinski definition) is 2. The van der Waals surface area contributed by atoms with E-state index in [9.17, 15) is 4.79 Å². The Kier molecular flexibility index (Phi) is 4.52. The highest BCUT2D eigenvalue weighted by Gasteiger charge is 2.27. The third kappa shape index (κ3) is 3.31. The van der Waals surface area contributed by atoms with Crippen LogP contribution in [-0.4, -0.2) is 35.6 Å². The SMILES string of the molecule is O=C(NCC1CCC(c2nc3ccccc3[nH]2)CC1)[C@H]1CCOC1. The number of aromatic amines is 1. The van der Waals surface area contributed by atoms with Crippen LogP contribution >= 0.6 is 0 Å². The molecule has 2 aliphatic rings. The first-order chi connectivity index (χ1) is 11.8. The van der Waals surface area contributed by atoms with Gasteiger partial charge in [0.25, 0.3) is 0 Å². The minimum atomic E-state index is 0.0666. The van der Waals surface area contributed by atoms with Crippen molar-refractivity contribution in [2.75, 3.05) is 19.8 Å². The first-order valence-electron chi connectivity index (χ1n) is 9.09. The molecule has 24 heavy (non-hydrogen) atoms. The summed E-state index contributed by atoms with van der Waals surface area (Å²) in [6, 6.07) is 8.21. The van der Waals surface area contributed by atoms with Crippen LogP contribution in [0.25, 0.3) is 11.0 Å². The minimum absolute atomic E-state index is 0.0666. The van der Waals surface area contributed by atoms with Gasteiger partial charge in [0.05, 0.1) is 23.6 Å². The van der Waals surface area contributed by atoms with Crippen molar-refractivity contribution in [2.45, 2.75) is 38.0 Å². The predicted molar refractivity (Wildman–Crippen MR) is 92.7 cm³/mol. The van der Waals surface area contributed by atoms with Gasteiger partial charge >= 0.3 is 0 Å². The standard InChI is InChI=1S/C19H25N3O2/c23-19(15-9-10-24-12-15)20-11-13-5-7-14(8-6-13)18-21-16-3-1-2-4-17(16)22-18/h1-4,13-15H,5-12H2,(H,20,23)(H,21,22)/t13?,14?,15-/m0/s1. The summed E-state index contributed by atoms with van der Waals surface area (Å²) < 4.78 is 5.29. The van der Waals surface area contributed by atoms with Crippen LogP contribution < -0.4 is 5.32 Å². The number of hydrogen-bond acceptors (Lipinski definition) is 3. The lowest BCUT2D eigenvalue weighted by molar-refractivity contribution is -0.125. The normalized spacial score (nSPS) is 27.4. The molecular weight excluding hydrogens is 302 g/mol. The van der Waals surface area contributed by atoms with Crippen LogP contribution in [0, 0.1) is 11.8 Å². The number of ether oxygens (including phenoxy) is 1. The van der Waals surface area contributed by atoms with Gasteiger partial charge < -0.3 is 15.0 Å². The summed E-state index contributed by atoms with van der Waals surface area (Å²) >= 11 is 0. The van der Waals surface area contributed by atoms with Crippen molar-refractivity contribution in [2.24, 2.45) is 11.8 Å². The molecule has 1 aromatic carbocycles. The Morgan fingerprint density at radius 2 is 2.04 bits per heavy atom. The van der Waals surface area contributed by atoms with Gasteiger partial charge in [-0.15, -0.1) is 0 Å². The molecule has 1 saturated heterocycles. The summed E-state index contributed by atoms with van der Waals surface area (Å²) in [5.41, 5.74) is 2.18. The van der Waals surface area contributed by atoms with E-state index in [0.717, 1.165) is 62.1 Å². The summed E-state index contributed by atoms with van der Waals surface area (Å²) in [5, 5.41) is 3.13.